The van der Waals surface area contributed by atoms with Gasteiger partial charge in [-0.15, -0.1) is 0 Å². The fourth-order valence-corrected chi connectivity index (χ4v) is 3.39. The number of carboxylic acid groups (broad SMARTS) is 1. The van der Waals surface area contributed by atoms with Crippen molar-refractivity contribution in [1.29, 1.82) is 0 Å². The number of aliphatic hydroxyl groups is 1. The highest BCUT2D eigenvalue weighted by atomic mass is 16.4. The molecule has 0 aliphatic carbocycles. The van der Waals surface area contributed by atoms with Gasteiger partial charge in [-0.05, 0) is 19.4 Å². The van der Waals surface area contributed by atoms with E-state index in [4.69, 9.17) is 10.2 Å². The second-order valence-electron chi connectivity index (χ2n) is 7.66. The molecule has 0 saturated heterocycles. The van der Waals surface area contributed by atoms with Gasteiger partial charge in [0.2, 0.25) is 0 Å². The summed E-state index contributed by atoms with van der Waals surface area (Å²) in [6.07, 6.45) is 21.8. The van der Waals surface area contributed by atoms with E-state index in [2.05, 4.69) is 12.2 Å². The van der Waals surface area contributed by atoms with E-state index in [-0.39, 0.29) is 13.0 Å². The normalized spacial score (nSPS) is 12.4. The van der Waals surface area contributed by atoms with Crippen LogP contribution in [0.25, 0.3) is 0 Å². The fourth-order valence-electron chi connectivity index (χ4n) is 3.39. The summed E-state index contributed by atoms with van der Waals surface area (Å²) in [5.41, 5.74) is 0. The van der Waals surface area contributed by atoms with E-state index in [1.807, 2.05) is 0 Å². The van der Waals surface area contributed by atoms with Gasteiger partial charge in [0.1, 0.15) is 6.04 Å². The highest BCUT2D eigenvalue weighted by Gasteiger charge is 2.14. The van der Waals surface area contributed by atoms with Crippen LogP contribution in [0.15, 0.2) is 0 Å². The van der Waals surface area contributed by atoms with Crippen molar-refractivity contribution >= 4 is 5.97 Å². The average molecular weight is 372 g/mol. The van der Waals surface area contributed by atoms with Gasteiger partial charge in [0.15, 0.2) is 0 Å². The maximum Gasteiger partial charge on any atom is 0.320 e. The molecule has 0 saturated carbocycles. The summed E-state index contributed by atoms with van der Waals surface area (Å²) in [5, 5.41) is 20.8. The Balaban J connectivity index is 3.16. The summed E-state index contributed by atoms with van der Waals surface area (Å²) in [6, 6.07) is -0.601. The molecule has 0 aliphatic heterocycles. The Morgan fingerprint density at radius 3 is 1.46 bits per heavy atom. The second-order valence-corrected chi connectivity index (χ2v) is 7.66. The molecule has 0 aliphatic rings. The minimum atomic E-state index is -0.865. The Hall–Kier alpha value is -0.610. The number of nitrogens with one attached hydrogen (secondary N) is 1. The number of carboxylic acids is 1. The molecule has 0 aromatic heterocycles. The van der Waals surface area contributed by atoms with E-state index in [0.717, 1.165) is 19.4 Å². The molecular weight excluding hydrogens is 326 g/mol. The Morgan fingerprint density at radius 1 is 0.731 bits per heavy atom. The molecule has 0 bridgehead atoms. The van der Waals surface area contributed by atoms with Gasteiger partial charge < -0.3 is 15.5 Å². The van der Waals surface area contributed by atoms with E-state index >= 15 is 0 Å². The summed E-state index contributed by atoms with van der Waals surface area (Å²) in [6.45, 7) is 2.92. The zero-order valence-corrected chi connectivity index (χ0v) is 17.3. The average Bonchev–Trinajstić information content (AvgIpc) is 2.63. The monoisotopic (exact) mass is 371 g/mol. The van der Waals surface area contributed by atoms with E-state index in [9.17, 15) is 4.79 Å². The van der Waals surface area contributed by atoms with Crippen LogP contribution in [0, 0.1) is 0 Å². The number of aliphatic hydroxyl groups excluding tert-OH is 1. The number of rotatable bonds is 21. The lowest BCUT2D eigenvalue weighted by Crippen LogP contribution is -2.37. The molecule has 0 fully saturated rings. The minimum absolute atomic E-state index is 0.0804. The zero-order chi connectivity index (χ0) is 19.3. The van der Waals surface area contributed by atoms with Crippen LogP contribution in [-0.2, 0) is 4.79 Å². The molecule has 0 spiro atoms. The first-order valence-corrected chi connectivity index (χ1v) is 11.3. The first kappa shape index (κ1) is 25.4. The van der Waals surface area contributed by atoms with Gasteiger partial charge in [0.25, 0.3) is 0 Å². The third-order valence-electron chi connectivity index (χ3n) is 5.14. The second kappa shape index (κ2) is 20.7. The van der Waals surface area contributed by atoms with Gasteiger partial charge in [-0.3, -0.25) is 4.79 Å². The van der Waals surface area contributed by atoms with Crippen molar-refractivity contribution in [1.82, 2.24) is 5.32 Å². The van der Waals surface area contributed by atoms with Crippen LogP contribution in [-0.4, -0.2) is 35.4 Å². The molecule has 0 amide bonds. The summed E-state index contributed by atoms with van der Waals surface area (Å²) in [4.78, 5) is 10.9. The largest absolute Gasteiger partial charge is 0.480 e. The summed E-state index contributed by atoms with van der Waals surface area (Å²) >= 11 is 0. The molecule has 0 aromatic carbocycles. The number of aliphatic carboxylic acids is 1. The van der Waals surface area contributed by atoms with Crippen LogP contribution in [0.1, 0.15) is 116 Å². The molecule has 0 aromatic rings. The molecule has 0 rings (SSSR count). The van der Waals surface area contributed by atoms with Gasteiger partial charge in [0.05, 0.1) is 0 Å². The maximum absolute atomic E-state index is 10.9. The van der Waals surface area contributed by atoms with Crippen molar-refractivity contribution in [2.45, 2.75) is 122 Å². The standard InChI is InChI=1S/C22H45NO3/c1-2-3-4-5-6-7-8-9-10-11-12-13-14-15-16-17-19-23-21(18-20-24)22(25)26/h21,23-24H,2-20H2,1H3,(H,25,26). The first-order chi connectivity index (χ1) is 12.7. The Labute approximate surface area is 162 Å². The van der Waals surface area contributed by atoms with Crippen molar-refractivity contribution in [3.63, 3.8) is 0 Å². The molecule has 3 N–H and O–H groups in total. The molecule has 0 radical (unpaired) electrons. The molecule has 1 unspecified atom stereocenters. The van der Waals surface area contributed by atoms with Gasteiger partial charge >= 0.3 is 5.97 Å². The first-order valence-electron chi connectivity index (χ1n) is 11.3. The smallest absolute Gasteiger partial charge is 0.320 e. The van der Waals surface area contributed by atoms with E-state index in [1.165, 1.54) is 89.9 Å². The quantitative estimate of drug-likeness (QED) is 0.227. The maximum atomic E-state index is 10.9. The lowest BCUT2D eigenvalue weighted by Gasteiger charge is -2.12. The third kappa shape index (κ3) is 18.2. The Bertz CT molecular complexity index is 297. The minimum Gasteiger partial charge on any atom is -0.480 e. The highest BCUT2D eigenvalue weighted by molar-refractivity contribution is 5.73. The van der Waals surface area contributed by atoms with Crippen molar-refractivity contribution in [3.05, 3.63) is 0 Å². The number of hydrogen-bond acceptors (Lipinski definition) is 3. The van der Waals surface area contributed by atoms with Gasteiger partial charge in [-0.2, -0.15) is 0 Å². The van der Waals surface area contributed by atoms with E-state index < -0.39 is 12.0 Å². The van der Waals surface area contributed by atoms with Gasteiger partial charge in [0, 0.05) is 6.61 Å². The van der Waals surface area contributed by atoms with Crippen molar-refractivity contribution in [3.8, 4) is 0 Å². The van der Waals surface area contributed by atoms with Crippen LogP contribution in [0.5, 0.6) is 0 Å². The Morgan fingerprint density at radius 2 is 1.12 bits per heavy atom. The summed E-state index contributed by atoms with van der Waals surface area (Å²) < 4.78 is 0. The van der Waals surface area contributed by atoms with Gasteiger partial charge in [-0.1, -0.05) is 103 Å². The van der Waals surface area contributed by atoms with Crippen molar-refractivity contribution in [2.24, 2.45) is 0 Å². The number of hydrogen-bond donors (Lipinski definition) is 3. The SMILES string of the molecule is CCCCCCCCCCCCCCCCCCNC(CCO)C(=O)O. The van der Waals surface area contributed by atoms with Crippen LogP contribution in [0.2, 0.25) is 0 Å². The van der Waals surface area contributed by atoms with Gasteiger partial charge in [-0.25, -0.2) is 0 Å². The molecular formula is C22H45NO3. The summed E-state index contributed by atoms with van der Waals surface area (Å²) in [7, 11) is 0. The molecule has 0 heterocycles. The predicted octanol–water partition coefficient (Wildman–Crippen LogP) is 5.67. The van der Waals surface area contributed by atoms with Crippen molar-refractivity contribution < 1.29 is 15.0 Å². The van der Waals surface area contributed by atoms with Crippen LogP contribution in [0.4, 0.5) is 0 Å². The summed E-state index contributed by atoms with van der Waals surface area (Å²) in [5.74, 6) is -0.865. The van der Waals surface area contributed by atoms with Crippen molar-refractivity contribution in [2.75, 3.05) is 13.2 Å². The zero-order valence-electron chi connectivity index (χ0n) is 17.3. The van der Waals surface area contributed by atoms with Crippen LogP contribution < -0.4 is 5.32 Å². The highest BCUT2D eigenvalue weighted by Crippen LogP contribution is 2.13. The molecule has 156 valence electrons. The van der Waals surface area contributed by atoms with E-state index in [0.29, 0.717) is 0 Å². The topological polar surface area (TPSA) is 69.6 Å². The number of carbonyl (C=O) groups is 1. The third-order valence-corrected chi connectivity index (χ3v) is 5.14. The lowest BCUT2D eigenvalue weighted by atomic mass is 10.0. The predicted molar refractivity (Wildman–Crippen MR) is 111 cm³/mol. The molecule has 4 nitrogen and oxygen atoms in total. The van der Waals surface area contributed by atoms with Crippen LogP contribution in [0.3, 0.4) is 0 Å². The Kier molecular flexibility index (Phi) is 20.2. The van der Waals surface area contributed by atoms with Crippen LogP contribution >= 0.6 is 0 Å². The molecule has 26 heavy (non-hydrogen) atoms. The fraction of sp³-hybridized carbons (Fsp3) is 0.955. The lowest BCUT2D eigenvalue weighted by molar-refractivity contribution is -0.139. The molecule has 1 atom stereocenters. The van der Waals surface area contributed by atoms with E-state index in [1.54, 1.807) is 0 Å². The molecule has 4 heteroatoms. The number of unbranched alkanes of at least 4 members (excludes halogenated alkanes) is 15.